The molecule has 254 valence electrons. The van der Waals surface area contributed by atoms with Gasteiger partial charge in [0, 0.05) is 43.9 Å². The lowest BCUT2D eigenvalue weighted by atomic mass is 9.79. The van der Waals surface area contributed by atoms with E-state index in [4.69, 9.17) is 4.98 Å². The molecule has 0 bridgehead atoms. The SMILES string of the molecule is Cc1ccc2c(n1)-c1c(cc3cc(-c4c(C)cccc4C)c4cc5c6cc(C(C)(C)C)ccc6n(-c6ccccc6C)c5c5ccc1c3c45)C2(C)C. The molecule has 7 aromatic carbocycles. The van der Waals surface area contributed by atoms with Crippen LogP contribution in [-0.4, -0.2) is 9.55 Å². The summed E-state index contributed by atoms with van der Waals surface area (Å²) in [6.45, 7) is 20.6. The van der Waals surface area contributed by atoms with Crippen LogP contribution in [0.15, 0.2) is 103 Å². The summed E-state index contributed by atoms with van der Waals surface area (Å²) in [5.41, 5.74) is 17.7. The molecule has 10 rings (SSSR count). The summed E-state index contributed by atoms with van der Waals surface area (Å²) in [6, 6.07) is 39.6. The number of pyridine rings is 1. The van der Waals surface area contributed by atoms with Crippen LogP contribution in [0.2, 0.25) is 0 Å². The van der Waals surface area contributed by atoms with Crippen molar-refractivity contribution in [2.24, 2.45) is 0 Å². The molecule has 0 radical (unpaired) electrons. The first-order valence-electron chi connectivity index (χ1n) is 18.7. The molecule has 9 aromatic rings. The average Bonchev–Trinajstić information content (AvgIpc) is 3.54. The second-order valence-corrected chi connectivity index (χ2v) is 17.0. The lowest BCUT2D eigenvalue weighted by Crippen LogP contribution is -2.15. The minimum Gasteiger partial charge on any atom is -0.308 e. The second kappa shape index (κ2) is 10.3. The number of fused-ring (bicyclic) bond motifs is 8. The Morgan fingerprint density at radius 2 is 1.31 bits per heavy atom. The highest BCUT2D eigenvalue weighted by atomic mass is 15.0. The molecule has 2 heteroatoms. The number of para-hydroxylation sites is 1. The summed E-state index contributed by atoms with van der Waals surface area (Å²) < 4.78 is 2.55. The van der Waals surface area contributed by atoms with Gasteiger partial charge in [-0.15, -0.1) is 0 Å². The molecule has 52 heavy (non-hydrogen) atoms. The van der Waals surface area contributed by atoms with Crippen molar-refractivity contribution >= 4 is 54.1 Å². The molecule has 0 N–H and O–H groups in total. The van der Waals surface area contributed by atoms with Crippen LogP contribution in [0.1, 0.15) is 73.7 Å². The summed E-state index contributed by atoms with van der Waals surface area (Å²) in [5.74, 6) is 0. The first-order chi connectivity index (χ1) is 24.8. The van der Waals surface area contributed by atoms with Crippen molar-refractivity contribution in [3.05, 3.63) is 142 Å². The molecular formula is C50H44N2. The Hall–Kier alpha value is -5.47. The Kier molecular flexibility index (Phi) is 6.21. The molecule has 0 unspecified atom stereocenters. The minimum atomic E-state index is -0.149. The van der Waals surface area contributed by atoms with Gasteiger partial charge in [-0.2, -0.15) is 0 Å². The maximum absolute atomic E-state index is 5.23. The zero-order valence-electron chi connectivity index (χ0n) is 31.7. The van der Waals surface area contributed by atoms with Crippen LogP contribution in [0.3, 0.4) is 0 Å². The Balaban J connectivity index is 1.48. The normalized spacial score (nSPS) is 14.0. The molecule has 2 heterocycles. The van der Waals surface area contributed by atoms with Gasteiger partial charge < -0.3 is 4.57 Å². The summed E-state index contributed by atoms with van der Waals surface area (Å²) >= 11 is 0. The van der Waals surface area contributed by atoms with Gasteiger partial charge >= 0.3 is 0 Å². The quantitative estimate of drug-likeness (QED) is 0.167. The monoisotopic (exact) mass is 672 g/mol. The maximum atomic E-state index is 5.23. The van der Waals surface area contributed by atoms with E-state index < -0.39 is 0 Å². The van der Waals surface area contributed by atoms with E-state index in [0.29, 0.717) is 0 Å². The van der Waals surface area contributed by atoms with Gasteiger partial charge in [-0.1, -0.05) is 95.3 Å². The van der Waals surface area contributed by atoms with Crippen molar-refractivity contribution in [1.82, 2.24) is 9.55 Å². The standard InChI is InChI=1S/C50H44N2/c1-27-13-10-11-16-41(27)52-42-22-18-32(49(5,6)7)25-35(42)38-26-37-36(43-28(2)14-12-15-29(43)3)23-31-24-40-46(33-19-20-34(48(38)52)45(37)44(31)33)47-39(50(40,8)9)21-17-30(4)51-47/h10-26H,1-9H3. The van der Waals surface area contributed by atoms with Gasteiger partial charge in [0.2, 0.25) is 0 Å². The molecule has 0 fully saturated rings. The average molecular weight is 673 g/mol. The molecule has 1 aliphatic rings. The Bertz CT molecular complexity index is 2980. The number of nitrogens with zero attached hydrogens (tertiary/aromatic N) is 2. The van der Waals surface area contributed by atoms with E-state index in [1.165, 1.54) is 110 Å². The second-order valence-electron chi connectivity index (χ2n) is 17.0. The van der Waals surface area contributed by atoms with Crippen LogP contribution >= 0.6 is 0 Å². The fourth-order valence-corrected chi connectivity index (χ4v) is 9.66. The maximum Gasteiger partial charge on any atom is 0.0755 e. The first-order valence-corrected chi connectivity index (χ1v) is 18.7. The van der Waals surface area contributed by atoms with Crippen LogP contribution in [-0.2, 0) is 10.8 Å². The zero-order chi connectivity index (χ0) is 36.0. The molecule has 0 spiro atoms. The zero-order valence-corrected chi connectivity index (χ0v) is 31.7. The molecular weight excluding hydrogens is 629 g/mol. The lowest BCUT2D eigenvalue weighted by Gasteiger charge is -2.24. The van der Waals surface area contributed by atoms with Crippen LogP contribution in [0.5, 0.6) is 0 Å². The molecule has 2 aromatic heterocycles. The van der Waals surface area contributed by atoms with Gasteiger partial charge in [-0.05, 0) is 142 Å². The summed E-state index contributed by atoms with van der Waals surface area (Å²) in [4.78, 5) is 5.23. The third kappa shape index (κ3) is 4.04. The Morgan fingerprint density at radius 1 is 0.577 bits per heavy atom. The third-order valence-corrected chi connectivity index (χ3v) is 12.3. The van der Waals surface area contributed by atoms with Crippen molar-refractivity contribution in [3.63, 3.8) is 0 Å². The summed E-state index contributed by atoms with van der Waals surface area (Å²) in [5, 5.41) is 10.5. The number of rotatable bonds is 2. The number of aryl methyl sites for hydroxylation is 4. The Morgan fingerprint density at radius 3 is 2.06 bits per heavy atom. The van der Waals surface area contributed by atoms with E-state index in [0.717, 1.165) is 11.4 Å². The van der Waals surface area contributed by atoms with Gasteiger partial charge in [-0.25, -0.2) is 0 Å². The van der Waals surface area contributed by atoms with E-state index in [9.17, 15) is 0 Å². The first kappa shape index (κ1) is 31.3. The molecule has 0 aliphatic heterocycles. The van der Waals surface area contributed by atoms with Crippen molar-refractivity contribution in [3.8, 4) is 28.1 Å². The van der Waals surface area contributed by atoms with Gasteiger partial charge in [-0.3, -0.25) is 4.98 Å². The largest absolute Gasteiger partial charge is 0.308 e. The topological polar surface area (TPSA) is 17.8 Å². The number of aromatic nitrogens is 2. The van der Waals surface area contributed by atoms with Gasteiger partial charge in [0.1, 0.15) is 0 Å². The van der Waals surface area contributed by atoms with E-state index in [-0.39, 0.29) is 10.8 Å². The van der Waals surface area contributed by atoms with Crippen molar-refractivity contribution in [2.75, 3.05) is 0 Å². The molecule has 0 atom stereocenters. The third-order valence-electron chi connectivity index (χ3n) is 12.3. The van der Waals surface area contributed by atoms with Crippen molar-refractivity contribution < 1.29 is 0 Å². The highest BCUT2D eigenvalue weighted by Crippen LogP contribution is 2.55. The highest BCUT2D eigenvalue weighted by Gasteiger charge is 2.38. The van der Waals surface area contributed by atoms with Gasteiger partial charge in [0.05, 0.1) is 16.7 Å². The highest BCUT2D eigenvalue weighted by molar-refractivity contribution is 6.35. The van der Waals surface area contributed by atoms with Crippen LogP contribution in [0.4, 0.5) is 0 Å². The fraction of sp³-hybridized carbons (Fsp3) is 0.220. The van der Waals surface area contributed by atoms with Gasteiger partial charge in [0.15, 0.2) is 0 Å². The van der Waals surface area contributed by atoms with Crippen molar-refractivity contribution in [1.29, 1.82) is 0 Å². The molecule has 0 saturated heterocycles. The summed E-state index contributed by atoms with van der Waals surface area (Å²) in [7, 11) is 0. The van der Waals surface area contributed by atoms with E-state index in [1.807, 2.05) is 0 Å². The molecule has 0 amide bonds. The number of hydrogen-bond donors (Lipinski definition) is 0. The number of hydrogen-bond acceptors (Lipinski definition) is 1. The molecule has 2 nitrogen and oxygen atoms in total. The predicted molar refractivity (Wildman–Crippen MR) is 223 cm³/mol. The number of benzene rings is 7. The van der Waals surface area contributed by atoms with Crippen LogP contribution in [0, 0.1) is 27.7 Å². The van der Waals surface area contributed by atoms with E-state index in [1.54, 1.807) is 0 Å². The van der Waals surface area contributed by atoms with Crippen LogP contribution in [0.25, 0.3) is 82.2 Å². The van der Waals surface area contributed by atoms with Crippen LogP contribution < -0.4 is 0 Å². The Labute approximate surface area is 306 Å². The smallest absolute Gasteiger partial charge is 0.0755 e. The van der Waals surface area contributed by atoms with E-state index in [2.05, 4.69) is 170 Å². The van der Waals surface area contributed by atoms with Crippen molar-refractivity contribution in [2.45, 2.75) is 73.1 Å². The predicted octanol–water partition coefficient (Wildman–Crippen LogP) is 13.6. The fourth-order valence-electron chi connectivity index (χ4n) is 9.66. The molecule has 0 saturated carbocycles. The molecule has 1 aliphatic carbocycles. The summed E-state index contributed by atoms with van der Waals surface area (Å²) in [6.07, 6.45) is 0. The van der Waals surface area contributed by atoms with Gasteiger partial charge in [0.25, 0.3) is 0 Å². The van der Waals surface area contributed by atoms with E-state index >= 15 is 0 Å². The minimum absolute atomic E-state index is 0.0294. The lowest BCUT2D eigenvalue weighted by molar-refractivity contribution is 0.591.